The van der Waals surface area contributed by atoms with Crippen molar-refractivity contribution < 1.29 is 14.7 Å². The lowest BCUT2D eigenvalue weighted by Gasteiger charge is -2.09. The Morgan fingerprint density at radius 2 is 2.22 bits per heavy atom. The van der Waals surface area contributed by atoms with E-state index in [0.29, 0.717) is 11.0 Å². The molecule has 0 saturated carbocycles. The zero-order valence-corrected chi connectivity index (χ0v) is 9.70. The molecule has 0 aliphatic heterocycles. The lowest BCUT2D eigenvalue weighted by molar-refractivity contribution is -0.118. The maximum absolute atomic E-state index is 11.0. The summed E-state index contributed by atoms with van der Waals surface area (Å²) < 4.78 is 1.51. The van der Waals surface area contributed by atoms with E-state index >= 15 is 0 Å². The number of fused-ring (bicyclic) bond motifs is 1. The summed E-state index contributed by atoms with van der Waals surface area (Å²) in [4.78, 5) is 21.9. The summed E-state index contributed by atoms with van der Waals surface area (Å²) in [5.41, 5.74) is 6.09. The first-order valence-electron chi connectivity index (χ1n) is 5.36. The molecule has 94 valence electrons. The van der Waals surface area contributed by atoms with E-state index in [4.69, 9.17) is 10.8 Å². The second-order valence-electron chi connectivity index (χ2n) is 4.03. The van der Waals surface area contributed by atoms with Gasteiger partial charge in [0.1, 0.15) is 5.52 Å². The van der Waals surface area contributed by atoms with E-state index in [-0.39, 0.29) is 18.0 Å². The number of carbonyl (C=O) groups is 2. The third-order valence-corrected chi connectivity index (χ3v) is 2.65. The molecule has 2 aromatic rings. The Hall–Kier alpha value is -2.44. The van der Waals surface area contributed by atoms with Gasteiger partial charge in [0.25, 0.3) is 0 Å². The largest absolute Gasteiger partial charge is 0.478 e. The molecule has 1 atom stereocenters. The number of amides is 1. The van der Waals surface area contributed by atoms with Gasteiger partial charge in [-0.2, -0.15) is 0 Å². The molecule has 0 aliphatic rings. The van der Waals surface area contributed by atoms with E-state index in [1.165, 1.54) is 10.7 Å². The minimum absolute atomic E-state index is 0.0880. The van der Waals surface area contributed by atoms with Gasteiger partial charge in [0.05, 0.1) is 17.1 Å². The Kier molecular flexibility index (Phi) is 2.97. The number of nitrogens with zero attached hydrogens (tertiary/aromatic N) is 3. The van der Waals surface area contributed by atoms with Gasteiger partial charge in [-0.25, -0.2) is 9.48 Å². The van der Waals surface area contributed by atoms with E-state index in [9.17, 15) is 9.59 Å². The van der Waals surface area contributed by atoms with Crippen LogP contribution in [0, 0.1) is 0 Å². The summed E-state index contributed by atoms with van der Waals surface area (Å²) in [6, 6.07) is 4.51. The van der Waals surface area contributed by atoms with Crippen molar-refractivity contribution in [2.24, 2.45) is 5.73 Å². The summed E-state index contributed by atoms with van der Waals surface area (Å²) in [6.07, 6.45) is 0.121. The number of aromatic nitrogens is 3. The van der Waals surface area contributed by atoms with E-state index in [1.807, 2.05) is 0 Å². The molecule has 0 saturated heterocycles. The second kappa shape index (κ2) is 4.44. The van der Waals surface area contributed by atoms with Crippen molar-refractivity contribution in [3.8, 4) is 0 Å². The fourth-order valence-corrected chi connectivity index (χ4v) is 1.84. The number of hydrogen-bond donors (Lipinski definition) is 2. The lowest BCUT2D eigenvalue weighted by atomic mass is 10.1. The molecule has 1 aromatic heterocycles. The van der Waals surface area contributed by atoms with Crippen molar-refractivity contribution in [2.45, 2.75) is 19.4 Å². The molecular weight excluding hydrogens is 236 g/mol. The van der Waals surface area contributed by atoms with Crippen LogP contribution in [0.2, 0.25) is 0 Å². The normalized spacial score (nSPS) is 12.5. The zero-order chi connectivity index (χ0) is 13.3. The zero-order valence-electron chi connectivity index (χ0n) is 9.70. The van der Waals surface area contributed by atoms with Crippen LogP contribution >= 0.6 is 0 Å². The topological polar surface area (TPSA) is 111 Å². The van der Waals surface area contributed by atoms with Gasteiger partial charge in [-0.1, -0.05) is 11.3 Å². The molecule has 1 amide bonds. The second-order valence-corrected chi connectivity index (χ2v) is 4.03. The summed E-state index contributed by atoms with van der Waals surface area (Å²) in [5, 5.41) is 16.8. The lowest BCUT2D eigenvalue weighted by Crippen LogP contribution is -2.18. The van der Waals surface area contributed by atoms with Crippen molar-refractivity contribution in [1.29, 1.82) is 0 Å². The first kappa shape index (κ1) is 12.0. The Balaban J connectivity index is 2.52. The van der Waals surface area contributed by atoms with Gasteiger partial charge in [-0.05, 0) is 19.1 Å². The molecule has 7 heteroatoms. The van der Waals surface area contributed by atoms with Gasteiger partial charge >= 0.3 is 5.97 Å². The minimum Gasteiger partial charge on any atom is -0.478 e. The summed E-state index contributed by atoms with van der Waals surface area (Å²) in [6.45, 7) is 1.77. The van der Waals surface area contributed by atoms with Crippen molar-refractivity contribution >= 4 is 22.9 Å². The molecular formula is C11H12N4O3. The fourth-order valence-electron chi connectivity index (χ4n) is 1.84. The van der Waals surface area contributed by atoms with Crippen LogP contribution in [-0.2, 0) is 4.79 Å². The first-order chi connectivity index (χ1) is 8.50. The van der Waals surface area contributed by atoms with Crippen molar-refractivity contribution in [3.05, 3.63) is 23.8 Å². The van der Waals surface area contributed by atoms with E-state index < -0.39 is 11.9 Å². The number of aromatic carboxylic acids is 1. The van der Waals surface area contributed by atoms with Crippen molar-refractivity contribution in [2.75, 3.05) is 0 Å². The molecule has 0 aliphatic carbocycles. The highest BCUT2D eigenvalue weighted by atomic mass is 16.4. The van der Waals surface area contributed by atoms with E-state index in [0.717, 1.165) is 0 Å². The molecule has 18 heavy (non-hydrogen) atoms. The molecule has 3 N–H and O–H groups in total. The fraction of sp³-hybridized carbons (Fsp3) is 0.273. The average Bonchev–Trinajstić information content (AvgIpc) is 2.70. The third-order valence-electron chi connectivity index (χ3n) is 2.65. The average molecular weight is 248 g/mol. The highest BCUT2D eigenvalue weighted by Gasteiger charge is 2.17. The molecule has 2 rings (SSSR count). The van der Waals surface area contributed by atoms with Crippen LogP contribution in [0.25, 0.3) is 11.0 Å². The highest BCUT2D eigenvalue weighted by Crippen LogP contribution is 2.20. The highest BCUT2D eigenvalue weighted by molar-refractivity contribution is 6.00. The van der Waals surface area contributed by atoms with Crippen LogP contribution in [0.15, 0.2) is 18.2 Å². The Morgan fingerprint density at radius 1 is 1.50 bits per heavy atom. The van der Waals surface area contributed by atoms with E-state index in [2.05, 4.69) is 10.3 Å². The monoisotopic (exact) mass is 248 g/mol. The number of carboxylic acids is 1. The molecule has 1 aromatic carbocycles. The number of carbonyl (C=O) groups excluding carboxylic acids is 1. The first-order valence-corrected chi connectivity index (χ1v) is 5.36. The maximum Gasteiger partial charge on any atom is 0.338 e. The van der Waals surface area contributed by atoms with Crippen LogP contribution in [0.3, 0.4) is 0 Å². The molecule has 0 fully saturated rings. The van der Waals surface area contributed by atoms with Gasteiger partial charge in [-0.15, -0.1) is 5.10 Å². The molecule has 1 unspecified atom stereocenters. The molecule has 1 heterocycles. The van der Waals surface area contributed by atoms with Crippen LogP contribution in [0.4, 0.5) is 0 Å². The van der Waals surface area contributed by atoms with Crippen molar-refractivity contribution in [1.82, 2.24) is 15.0 Å². The molecule has 0 radical (unpaired) electrons. The summed E-state index contributed by atoms with van der Waals surface area (Å²) in [7, 11) is 0. The Bertz CT molecular complexity index is 620. The van der Waals surface area contributed by atoms with Gasteiger partial charge < -0.3 is 10.8 Å². The number of hydrogen-bond acceptors (Lipinski definition) is 4. The van der Waals surface area contributed by atoms with E-state index in [1.54, 1.807) is 19.1 Å². The number of rotatable bonds is 4. The van der Waals surface area contributed by atoms with Crippen LogP contribution in [0.5, 0.6) is 0 Å². The van der Waals surface area contributed by atoms with Crippen LogP contribution in [-0.4, -0.2) is 32.0 Å². The smallest absolute Gasteiger partial charge is 0.338 e. The van der Waals surface area contributed by atoms with Gasteiger partial charge in [-0.3, -0.25) is 4.79 Å². The summed E-state index contributed by atoms with van der Waals surface area (Å²) >= 11 is 0. The number of nitrogens with two attached hydrogens (primary N) is 1. The van der Waals surface area contributed by atoms with Crippen LogP contribution < -0.4 is 5.73 Å². The van der Waals surface area contributed by atoms with Gasteiger partial charge in [0.15, 0.2) is 0 Å². The predicted octanol–water partition coefficient (Wildman–Crippen LogP) is 0.566. The summed E-state index contributed by atoms with van der Waals surface area (Å²) in [5.74, 6) is -1.50. The number of carboxylic acid groups (broad SMARTS) is 1. The van der Waals surface area contributed by atoms with Gasteiger partial charge in [0, 0.05) is 6.42 Å². The Labute approximate surface area is 102 Å². The molecule has 0 bridgehead atoms. The predicted molar refractivity (Wildman–Crippen MR) is 63.0 cm³/mol. The molecule has 7 nitrogen and oxygen atoms in total. The SMILES string of the molecule is CC(CC(N)=O)n1nnc2c(C(=O)O)cccc21. The third kappa shape index (κ3) is 2.02. The Morgan fingerprint density at radius 3 is 2.83 bits per heavy atom. The minimum atomic E-state index is -1.06. The van der Waals surface area contributed by atoms with Crippen LogP contribution in [0.1, 0.15) is 29.7 Å². The van der Waals surface area contributed by atoms with Gasteiger partial charge in [0.2, 0.25) is 5.91 Å². The number of benzene rings is 1. The molecule has 0 spiro atoms. The number of primary amides is 1. The van der Waals surface area contributed by atoms with Crippen molar-refractivity contribution in [3.63, 3.8) is 0 Å². The standard InChI is InChI=1S/C11H12N4O3/c1-6(5-9(12)16)15-8-4-2-3-7(11(17)18)10(8)13-14-15/h2-4,6H,5H2,1H3,(H2,12,16)(H,17,18). The quantitative estimate of drug-likeness (QED) is 0.821. The maximum atomic E-state index is 11.0.